The first-order chi connectivity index (χ1) is 11.3. The van der Waals surface area contributed by atoms with Gasteiger partial charge in [0.15, 0.2) is 0 Å². The fourth-order valence-electron chi connectivity index (χ4n) is 3.46. The van der Waals surface area contributed by atoms with Crippen LogP contribution in [0.15, 0.2) is 42.1 Å². The Morgan fingerprint density at radius 2 is 1.74 bits per heavy atom. The summed E-state index contributed by atoms with van der Waals surface area (Å²) in [5.74, 6) is 0.141. The molecule has 0 radical (unpaired) electrons. The van der Waals surface area contributed by atoms with Crippen molar-refractivity contribution >= 4 is 5.91 Å². The van der Waals surface area contributed by atoms with E-state index >= 15 is 0 Å². The van der Waals surface area contributed by atoms with Gasteiger partial charge in [-0.3, -0.25) is 4.79 Å². The topological polar surface area (TPSA) is 32.8 Å². The molecular weight excluding hydrogens is 288 g/mol. The van der Waals surface area contributed by atoms with Gasteiger partial charge in [0.05, 0.1) is 13.2 Å². The molecule has 4 nitrogen and oxygen atoms in total. The van der Waals surface area contributed by atoms with E-state index in [-0.39, 0.29) is 5.91 Å². The molecule has 2 heterocycles. The molecule has 2 aliphatic heterocycles. The minimum absolute atomic E-state index is 0.141. The average Bonchev–Trinajstić information content (AvgIpc) is 2.76. The van der Waals surface area contributed by atoms with E-state index < -0.39 is 0 Å². The van der Waals surface area contributed by atoms with Gasteiger partial charge in [-0.25, -0.2) is 0 Å². The highest BCUT2D eigenvalue weighted by Gasteiger charge is 2.21. The summed E-state index contributed by atoms with van der Waals surface area (Å²) in [7, 11) is 0. The molecule has 4 heteroatoms. The first-order valence-electron chi connectivity index (χ1n) is 8.43. The fraction of sp³-hybridized carbons (Fsp3) is 0.421. The van der Waals surface area contributed by atoms with E-state index in [0.717, 1.165) is 31.5 Å². The Bertz CT molecular complexity index is 672. The zero-order valence-corrected chi connectivity index (χ0v) is 13.3. The van der Waals surface area contributed by atoms with E-state index in [2.05, 4.69) is 35.3 Å². The SMILES string of the molecule is O=C(c1ccc2c(c1)CCN(C1=CC=C1)CC2)N1CCOCC1. The van der Waals surface area contributed by atoms with Crippen molar-refractivity contribution in [2.75, 3.05) is 39.4 Å². The predicted octanol–water partition coefficient (Wildman–Crippen LogP) is 2.01. The van der Waals surface area contributed by atoms with Gasteiger partial charge in [0.25, 0.3) is 5.91 Å². The second-order valence-corrected chi connectivity index (χ2v) is 6.33. The van der Waals surface area contributed by atoms with Gasteiger partial charge < -0.3 is 14.5 Å². The van der Waals surface area contributed by atoms with Crippen LogP contribution >= 0.6 is 0 Å². The maximum Gasteiger partial charge on any atom is 0.254 e. The maximum absolute atomic E-state index is 12.6. The van der Waals surface area contributed by atoms with Crippen LogP contribution in [0.4, 0.5) is 0 Å². The first-order valence-corrected chi connectivity index (χ1v) is 8.43. The van der Waals surface area contributed by atoms with Crippen LogP contribution in [0.25, 0.3) is 0 Å². The van der Waals surface area contributed by atoms with Crippen molar-refractivity contribution in [3.8, 4) is 0 Å². The van der Waals surface area contributed by atoms with Gasteiger partial charge >= 0.3 is 0 Å². The minimum atomic E-state index is 0.141. The summed E-state index contributed by atoms with van der Waals surface area (Å²) in [4.78, 5) is 17.0. The number of nitrogens with zero attached hydrogens (tertiary/aromatic N) is 2. The third kappa shape index (κ3) is 2.91. The summed E-state index contributed by atoms with van der Waals surface area (Å²) >= 11 is 0. The third-order valence-electron chi connectivity index (χ3n) is 4.95. The van der Waals surface area contributed by atoms with E-state index in [1.54, 1.807) is 0 Å². The number of carbonyl (C=O) groups excluding carboxylic acids is 1. The predicted molar refractivity (Wildman–Crippen MR) is 89.4 cm³/mol. The number of amides is 1. The van der Waals surface area contributed by atoms with Crippen LogP contribution < -0.4 is 0 Å². The van der Waals surface area contributed by atoms with Crippen molar-refractivity contribution in [2.45, 2.75) is 12.8 Å². The standard InChI is InChI=1S/C19H22N2O2/c22-19(21-10-12-23-13-11-21)17-5-4-15-6-8-20(18-2-1-3-18)9-7-16(15)14-17/h1-5,14H,6-13H2. The molecule has 0 atom stereocenters. The molecule has 3 aliphatic rings. The lowest BCUT2D eigenvalue weighted by molar-refractivity contribution is 0.0303. The van der Waals surface area contributed by atoms with E-state index in [1.165, 1.54) is 16.8 Å². The average molecular weight is 310 g/mol. The van der Waals surface area contributed by atoms with Gasteiger partial charge in [-0.1, -0.05) is 12.1 Å². The molecule has 4 rings (SSSR count). The molecule has 1 aromatic rings. The Kier molecular flexibility index (Phi) is 3.92. The van der Waals surface area contributed by atoms with E-state index in [9.17, 15) is 4.79 Å². The van der Waals surface area contributed by atoms with Crippen LogP contribution in [0.1, 0.15) is 21.5 Å². The summed E-state index contributed by atoms with van der Waals surface area (Å²) in [6.45, 7) is 4.77. The summed E-state index contributed by atoms with van der Waals surface area (Å²) in [6.07, 6.45) is 8.48. The molecule has 0 unspecified atom stereocenters. The number of benzene rings is 1. The molecule has 0 aromatic heterocycles. The lowest BCUT2D eigenvalue weighted by Crippen LogP contribution is -2.40. The lowest BCUT2D eigenvalue weighted by atomic mass is 9.99. The molecule has 1 saturated heterocycles. The summed E-state index contributed by atoms with van der Waals surface area (Å²) in [5, 5.41) is 0. The molecule has 1 aromatic carbocycles. The molecule has 0 N–H and O–H groups in total. The Labute approximate surface area is 137 Å². The zero-order chi connectivity index (χ0) is 15.6. The van der Waals surface area contributed by atoms with Gasteiger partial charge in [0.1, 0.15) is 0 Å². The zero-order valence-electron chi connectivity index (χ0n) is 13.3. The second-order valence-electron chi connectivity index (χ2n) is 6.33. The highest BCUT2D eigenvalue weighted by atomic mass is 16.5. The maximum atomic E-state index is 12.6. The quantitative estimate of drug-likeness (QED) is 0.838. The molecular formula is C19H22N2O2. The number of ether oxygens (including phenoxy) is 1. The number of fused-ring (bicyclic) bond motifs is 1. The van der Waals surface area contributed by atoms with Crippen molar-refractivity contribution in [2.24, 2.45) is 0 Å². The number of morpholine rings is 1. The fourth-order valence-corrected chi connectivity index (χ4v) is 3.46. The van der Waals surface area contributed by atoms with Gasteiger partial charge in [-0.2, -0.15) is 0 Å². The highest BCUT2D eigenvalue weighted by Crippen LogP contribution is 2.23. The number of hydrogen-bond acceptors (Lipinski definition) is 3. The van der Waals surface area contributed by atoms with Crippen LogP contribution in [-0.4, -0.2) is 55.1 Å². The first kappa shape index (κ1) is 14.5. The highest BCUT2D eigenvalue weighted by molar-refractivity contribution is 5.94. The van der Waals surface area contributed by atoms with E-state index in [4.69, 9.17) is 4.74 Å². The van der Waals surface area contributed by atoms with Gasteiger partial charge in [-0.15, -0.1) is 0 Å². The van der Waals surface area contributed by atoms with Crippen molar-refractivity contribution in [3.63, 3.8) is 0 Å². The van der Waals surface area contributed by atoms with Crippen molar-refractivity contribution in [1.29, 1.82) is 0 Å². The second kappa shape index (κ2) is 6.20. The molecule has 1 fully saturated rings. The number of hydrogen-bond donors (Lipinski definition) is 0. The Morgan fingerprint density at radius 1 is 1.00 bits per heavy atom. The third-order valence-corrected chi connectivity index (χ3v) is 4.95. The summed E-state index contributed by atoms with van der Waals surface area (Å²) in [5.41, 5.74) is 4.87. The number of rotatable bonds is 2. The Hall–Kier alpha value is -2.07. The Morgan fingerprint density at radius 3 is 2.43 bits per heavy atom. The molecule has 120 valence electrons. The van der Waals surface area contributed by atoms with Crippen LogP contribution in [-0.2, 0) is 17.6 Å². The molecule has 0 spiro atoms. The number of allylic oxidation sites excluding steroid dienone is 3. The smallest absolute Gasteiger partial charge is 0.254 e. The monoisotopic (exact) mass is 310 g/mol. The molecule has 23 heavy (non-hydrogen) atoms. The number of carbonyl (C=O) groups is 1. The largest absolute Gasteiger partial charge is 0.378 e. The van der Waals surface area contributed by atoms with Crippen LogP contribution in [0.3, 0.4) is 0 Å². The van der Waals surface area contributed by atoms with E-state index in [1.807, 2.05) is 11.0 Å². The molecule has 0 saturated carbocycles. The van der Waals surface area contributed by atoms with Crippen LogP contribution in [0.5, 0.6) is 0 Å². The van der Waals surface area contributed by atoms with Crippen molar-refractivity contribution in [1.82, 2.24) is 9.80 Å². The minimum Gasteiger partial charge on any atom is -0.378 e. The summed E-state index contributed by atoms with van der Waals surface area (Å²) in [6, 6.07) is 6.26. The van der Waals surface area contributed by atoms with Gasteiger partial charge in [0.2, 0.25) is 0 Å². The van der Waals surface area contributed by atoms with Crippen molar-refractivity contribution < 1.29 is 9.53 Å². The van der Waals surface area contributed by atoms with Crippen LogP contribution in [0.2, 0.25) is 0 Å². The summed E-state index contributed by atoms with van der Waals surface area (Å²) < 4.78 is 5.33. The van der Waals surface area contributed by atoms with E-state index in [0.29, 0.717) is 26.3 Å². The molecule has 1 aliphatic carbocycles. The molecule has 1 amide bonds. The molecule has 0 bridgehead atoms. The van der Waals surface area contributed by atoms with Crippen molar-refractivity contribution in [3.05, 3.63) is 58.8 Å². The lowest BCUT2D eigenvalue weighted by Gasteiger charge is -2.27. The van der Waals surface area contributed by atoms with Gasteiger partial charge in [0, 0.05) is 37.4 Å². The Balaban J connectivity index is 1.50. The van der Waals surface area contributed by atoms with Gasteiger partial charge in [-0.05, 0) is 48.3 Å². The normalized spacial score (nSPS) is 20.4. The van der Waals surface area contributed by atoms with Crippen LogP contribution in [0, 0.1) is 0 Å².